The van der Waals surface area contributed by atoms with Crippen LogP contribution in [-0.2, 0) is 10.1 Å². The summed E-state index contributed by atoms with van der Waals surface area (Å²) in [5.74, 6) is 0. The molecule has 1 heterocycles. The molecule has 0 saturated heterocycles. The molecular formula is C10H6F3NO4S. The van der Waals surface area contributed by atoms with Gasteiger partial charge in [-0.15, -0.1) is 0 Å². The molecule has 0 unspecified atom stereocenters. The number of benzene rings is 1. The van der Waals surface area contributed by atoms with Gasteiger partial charge in [-0.25, -0.2) is 0 Å². The summed E-state index contributed by atoms with van der Waals surface area (Å²) in [5.41, 5.74) is -6.08. The molecule has 0 aliphatic heterocycles. The molecule has 0 radical (unpaired) electrons. The van der Waals surface area contributed by atoms with E-state index < -0.39 is 21.1 Å². The van der Waals surface area contributed by atoms with Gasteiger partial charge in [0, 0.05) is 17.6 Å². The maximum Gasteiger partial charge on any atom is 0.536 e. The van der Waals surface area contributed by atoms with Crippen molar-refractivity contribution in [3.63, 3.8) is 0 Å². The van der Waals surface area contributed by atoms with E-state index in [0.29, 0.717) is 4.73 Å². The van der Waals surface area contributed by atoms with Gasteiger partial charge >= 0.3 is 15.6 Å². The van der Waals surface area contributed by atoms with Crippen molar-refractivity contribution in [3.05, 3.63) is 46.8 Å². The van der Waals surface area contributed by atoms with Gasteiger partial charge in [0.1, 0.15) is 0 Å². The lowest BCUT2D eigenvalue weighted by Gasteiger charge is -2.12. The number of rotatable bonds is 2. The lowest BCUT2D eigenvalue weighted by molar-refractivity contribution is -0.0543. The molecule has 102 valence electrons. The number of fused-ring (bicyclic) bond motifs is 1. The second-order valence-electron chi connectivity index (χ2n) is 3.50. The summed E-state index contributed by atoms with van der Waals surface area (Å²) in [6.45, 7) is 0. The molecule has 0 atom stereocenters. The Balaban J connectivity index is 2.61. The Morgan fingerprint density at radius 2 is 1.74 bits per heavy atom. The number of hydrogen-bond donors (Lipinski definition) is 0. The first kappa shape index (κ1) is 13.4. The molecule has 2 aromatic rings. The van der Waals surface area contributed by atoms with Gasteiger partial charge in [0.15, 0.2) is 5.43 Å². The fourth-order valence-electron chi connectivity index (χ4n) is 1.39. The highest BCUT2D eigenvalue weighted by molar-refractivity contribution is 7.87. The van der Waals surface area contributed by atoms with Crippen molar-refractivity contribution < 1.29 is 25.9 Å². The number of alkyl halides is 3. The van der Waals surface area contributed by atoms with Gasteiger partial charge in [-0.05, 0) is 12.1 Å². The van der Waals surface area contributed by atoms with Gasteiger partial charge in [-0.3, -0.25) is 9.08 Å². The third-order valence-corrected chi connectivity index (χ3v) is 3.15. The standard InChI is InChI=1S/C10H6F3NO4S/c11-10(12,13)19(16,17)18-14-6-5-9(15)7-3-1-2-4-8(7)14/h1-6H. The molecule has 2 rings (SSSR count). The second-order valence-corrected chi connectivity index (χ2v) is 5.02. The monoisotopic (exact) mass is 293 g/mol. The van der Waals surface area contributed by atoms with Crippen LogP contribution in [0.15, 0.2) is 41.3 Å². The molecule has 9 heteroatoms. The first-order valence-corrected chi connectivity index (χ1v) is 6.25. The van der Waals surface area contributed by atoms with Crippen LogP contribution in [0, 0.1) is 0 Å². The number of halogens is 3. The maximum absolute atomic E-state index is 12.2. The molecule has 0 N–H and O–H groups in total. The molecule has 19 heavy (non-hydrogen) atoms. The van der Waals surface area contributed by atoms with Gasteiger partial charge in [-0.1, -0.05) is 12.1 Å². The van der Waals surface area contributed by atoms with E-state index in [1.807, 2.05) is 0 Å². The average Bonchev–Trinajstić information content (AvgIpc) is 2.32. The molecule has 5 nitrogen and oxygen atoms in total. The number of para-hydroxylation sites is 1. The topological polar surface area (TPSA) is 65.4 Å². The average molecular weight is 293 g/mol. The summed E-state index contributed by atoms with van der Waals surface area (Å²) in [6.07, 6.45) is 0.813. The van der Waals surface area contributed by atoms with Crippen molar-refractivity contribution in [2.24, 2.45) is 0 Å². The maximum atomic E-state index is 12.2. The smallest absolute Gasteiger partial charge is 0.289 e. The summed E-state index contributed by atoms with van der Waals surface area (Å²) < 4.78 is 62.8. The van der Waals surface area contributed by atoms with E-state index >= 15 is 0 Å². The Bertz CT molecular complexity index is 779. The van der Waals surface area contributed by atoms with Crippen molar-refractivity contribution in [3.8, 4) is 0 Å². The molecule has 1 aromatic carbocycles. The van der Waals surface area contributed by atoms with E-state index in [1.54, 1.807) is 0 Å². The van der Waals surface area contributed by atoms with E-state index in [-0.39, 0.29) is 10.9 Å². The van der Waals surface area contributed by atoms with Crippen LogP contribution in [-0.4, -0.2) is 18.7 Å². The summed E-state index contributed by atoms with van der Waals surface area (Å²) in [6, 6.07) is 6.45. The predicted molar refractivity (Wildman–Crippen MR) is 59.8 cm³/mol. The lowest BCUT2D eigenvalue weighted by atomic mass is 10.2. The Kier molecular flexibility index (Phi) is 3.01. The molecule has 0 aliphatic carbocycles. The number of pyridine rings is 1. The van der Waals surface area contributed by atoms with Crippen LogP contribution in [0.25, 0.3) is 10.9 Å². The highest BCUT2D eigenvalue weighted by Gasteiger charge is 2.49. The van der Waals surface area contributed by atoms with Crippen LogP contribution in [0.4, 0.5) is 13.2 Å². The Morgan fingerprint density at radius 3 is 2.37 bits per heavy atom. The normalized spacial score (nSPS) is 12.6. The molecule has 0 saturated carbocycles. The largest absolute Gasteiger partial charge is 0.536 e. The van der Waals surface area contributed by atoms with Crippen LogP contribution in [0.1, 0.15) is 0 Å². The Hall–Kier alpha value is -2.03. The van der Waals surface area contributed by atoms with E-state index in [9.17, 15) is 26.4 Å². The first-order chi connectivity index (χ1) is 8.72. The minimum absolute atomic E-state index is 0.0439. The van der Waals surface area contributed by atoms with Crippen molar-refractivity contribution >= 4 is 21.0 Å². The fraction of sp³-hybridized carbons (Fsp3) is 0.100. The second kappa shape index (κ2) is 4.26. The van der Waals surface area contributed by atoms with E-state index in [0.717, 1.165) is 12.3 Å². The van der Waals surface area contributed by atoms with Gasteiger partial charge in [-0.2, -0.15) is 26.3 Å². The number of aromatic nitrogens is 1. The van der Waals surface area contributed by atoms with Crippen molar-refractivity contribution in [2.75, 3.05) is 0 Å². The molecular weight excluding hydrogens is 287 g/mol. The number of hydrogen-bond acceptors (Lipinski definition) is 4. The SMILES string of the molecule is O=c1ccn(OS(=O)(=O)C(F)(F)F)c2ccccc12. The first-order valence-electron chi connectivity index (χ1n) is 4.84. The molecule has 0 amide bonds. The van der Waals surface area contributed by atoms with E-state index in [1.165, 1.54) is 24.3 Å². The fourth-order valence-corrected chi connectivity index (χ4v) is 1.82. The Morgan fingerprint density at radius 1 is 1.11 bits per heavy atom. The zero-order valence-electron chi connectivity index (χ0n) is 9.09. The van der Waals surface area contributed by atoms with Crippen LogP contribution in [0.5, 0.6) is 0 Å². The van der Waals surface area contributed by atoms with Gasteiger partial charge in [0.2, 0.25) is 0 Å². The molecule has 0 bridgehead atoms. The van der Waals surface area contributed by atoms with E-state index in [2.05, 4.69) is 4.28 Å². The zero-order chi connectivity index (χ0) is 14.3. The van der Waals surface area contributed by atoms with Crippen LogP contribution in [0.3, 0.4) is 0 Å². The highest BCUT2D eigenvalue weighted by atomic mass is 32.2. The van der Waals surface area contributed by atoms with Crippen LogP contribution < -0.4 is 9.71 Å². The zero-order valence-corrected chi connectivity index (χ0v) is 9.90. The van der Waals surface area contributed by atoms with Gasteiger partial charge < -0.3 is 0 Å². The third-order valence-electron chi connectivity index (χ3n) is 2.23. The van der Waals surface area contributed by atoms with Crippen LogP contribution in [0.2, 0.25) is 0 Å². The summed E-state index contributed by atoms with van der Waals surface area (Å²) >= 11 is 0. The highest BCUT2D eigenvalue weighted by Crippen LogP contribution is 2.23. The van der Waals surface area contributed by atoms with E-state index in [4.69, 9.17) is 0 Å². The Labute approximate surface area is 104 Å². The van der Waals surface area contributed by atoms with Crippen molar-refractivity contribution in [1.29, 1.82) is 0 Å². The minimum Gasteiger partial charge on any atom is -0.289 e. The van der Waals surface area contributed by atoms with Crippen molar-refractivity contribution in [2.45, 2.75) is 5.51 Å². The third kappa shape index (κ3) is 2.41. The quantitative estimate of drug-likeness (QED) is 0.782. The van der Waals surface area contributed by atoms with Gasteiger partial charge in [0.05, 0.1) is 5.52 Å². The molecule has 0 fully saturated rings. The van der Waals surface area contributed by atoms with Crippen LogP contribution >= 0.6 is 0 Å². The van der Waals surface area contributed by atoms with Crippen molar-refractivity contribution in [1.82, 2.24) is 4.73 Å². The lowest BCUT2D eigenvalue weighted by Crippen LogP contribution is -2.33. The minimum atomic E-state index is -5.79. The molecule has 0 aliphatic rings. The number of nitrogens with zero attached hydrogens (tertiary/aromatic N) is 1. The predicted octanol–water partition coefficient (Wildman–Crippen LogP) is 1.28. The molecule has 1 aromatic heterocycles. The summed E-state index contributed by atoms with van der Waals surface area (Å²) in [4.78, 5) is 11.5. The summed E-state index contributed by atoms with van der Waals surface area (Å²) in [7, 11) is -5.79. The molecule has 0 spiro atoms. The summed E-state index contributed by atoms with van der Waals surface area (Å²) in [5, 5.41) is 0.0439. The van der Waals surface area contributed by atoms with Gasteiger partial charge in [0.25, 0.3) is 0 Å².